The fourth-order valence-electron chi connectivity index (χ4n) is 4.71. The van der Waals surface area contributed by atoms with Crippen LogP contribution in [-0.2, 0) is 9.47 Å². The molecule has 0 aromatic carbocycles. The lowest BCUT2D eigenvalue weighted by Crippen LogP contribution is -2.55. The largest absolute Gasteiger partial charge is 0.363 e. The third-order valence-corrected chi connectivity index (χ3v) is 5.61. The van der Waals surface area contributed by atoms with Crippen LogP contribution in [0.25, 0.3) is 0 Å². The van der Waals surface area contributed by atoms with Crippen molar-refractivity contribution in [1.82, 2.24) is 0 Å². The van der Waals surface area contributed by atoms with Crippen LogP contribution in [0.4, 0.5) is 0 Å². The van der Waals surface area contributed by atoms with Gasteiger partial charge in [-0.25, -0.2) is 0 Å². The van der Waals surface area contributed by atoms with Crippen molar-refractivity contribution in [2.24, 2.45) is 5.92 Å². The summed E-state index contributed by atoms with van der Waals surface area (Å²) in [5.41, 5.74) is -0.362. The number of hydrogen-bond acceptors (Lipinski definition) is 3. The van der Waals surface area contributed by atoms with Gasteiger partial charge in [-0.15, -0.1) is 0 Å². The lowest BCUT2D eigenvalue weighted by atomic mass is 9.71. The van der Waals surface area contributed by atoms with E-state index in [0.29, 0.717) is 5.92 Å². The quantitative estimate of drug-likeness (QED) is 0.705. The van der Waals surface area contributed by atoms with Gasteiger partial charge in [0.25, 0.3) is 0 Å². The van der Waals surface area contributed by atoms with Gasteiger partial charge in [-0.3, -0.25) is 0 Å². The van der Waals surface area contributed by atoms with Gasteiger partial charge in [0.2, 0.25) is 0 Å². The first-order chi connectivity index (χ1) is 8.18. The first kappa shape index (κ1) is 10.8. The molecule has 0 aromatic heterocycles. The minimum atomic E-state index is -0.975. The minimum absolute atomic E-state index is 0.362. The van der Waals surface area contributed by atoms with Crippen LogP contribution < -0.4 is 0 Å². The predicted octanol–water partition coefficient (Wildman–Crippen LogP) is 2.71. The molecule has 4 atom stereocenters. The van der Waals surface area contributed by atoms with Crippen LogP contribution in [0, 0.1) is 5.92 Å². The van der Waals surface area contributed by atoms with Gasteiger partial charge < -0.3 is 14.6 Å². The Hall–Kier alpha value is -0.120. The van der Waals surface area contributed by atoms with E-state index in [4.69, 9.17) is 9.47 Å². The lowest BCUT2D eigenvalue weighted by Gasteiger charge is -2.47. The Labute approximate surface area is 102 Å². The molecule has 2 saturated carbocycles. The normalized spacial score (nSPS) is 57.4. The predicted molar refractivity (Wildman–Crippen MR) is 62.2 cm³/mol. The summed E-state index contributed by atoms with van der Waals surface area (Å²) in [5.74, 6) is -0.871. The maximum absolute atomic E-state index is 10.9. The molecule has 0 unspecified atom stereocenters. The summed E-state index contributed by atoms with van der Waals surface area (Å²) in [6.07, 6.45) is 10.9. The zero-order valence-electron chi connectivity index (χ0n) is 10.4. The van der Waals surface area contributed by atoms with Gasteiger partial charge in [-0.05, 0) is 38.5 Å². The molecule has 0 aromatic rings. The van der Waals surface area contributed by atoms with E-state index in [-0.39, 0.29) is 5.60 Å². The van der Waals surface area contributed by atoms with Gasteiger partial charge in [0, 0.05) is 18.8 Å². The molecule has 2 saturated heterocycles. The summed E-state index contributed by atoms with van der Waals surface area (Å²) >= 11 is 0. The zero-order valence-corrected chi connectivity index (χ0v) is 10.4. The molecule has 4 fully saturated rings. The van der Waals surface area contributed by atoms with Gasteiger partial charge in [0.05, 0.1) is 0 Å². The standard InChI is InChI=1S/C14H22O3/c15-14-9-4-3-7-12(14)10-6-11-5-1-2-8-13(11,16-12)17-14/h11,15H,1-10H2/t11-,12-,13-,14+/m0/s1. The van der Waals surface area contributed by atoms with E-state index < -0.39 is 11.6 Å². The molecule has 3 nitrogen and oxygen atoms in total. The van der Waals surface area contributed by atoms with Gasteiger partial charge in [-0.2, -0.15) is 0 Å². The van der Waals surface area contributed by atoms with Crippen LogP contribution in [0.3, 0.4) is 0 Å². The van der Waals surface area contributed by atoms with E-state index >= 15 is 0 Å². The number of hydrogen-bond donors (Lipinski definition) is 1. The van der Waals surface area contributed by atoms with Crippen molar-refractivity contribution >= 4 is 0 Å². The van der Waals surface area contributed by atoms with E-state index in [1.807, 2.05) is 0 Å². The van der Waals surface area contributed by atoms with Crippen molar-refractivity contribution in [3.63, 3.8) is 0 Å². The lowest BCUT2D eigenvalue weighted by molar-refractivity contribution is -0.280. The fraction of sp³-hybridized carbons (Fsp3) is 1.00. The zero-order chi connectivity index (χ0) is 11.6. The second-order valence-corrected chi connectivity index (χ2v) is 6.48. The van der Waals surface area contributed by atoms with E-state index in [9.17, 15) is 5.11 Å². The van der Waals surface area contributed by atoms with Crippen LogP contribution in [-0.4, -0.2) is 22.3 Å². The molecule has 2 heterocycles. The molecule has 2 aliphatic heterocycles. The molecule has 1 N–H and O–H groups in total. The summed E-state index contributed by atoms with van der Waals surface area (Å²) in [6.45, 7) is 0. The van der Waals surface area contributed by atoms with E-state index in [2.05, 4.69) is 0 Å². The highest BCUT2D eigenvalue weighted by Crippen LogP contribution is 2.62. The Morgan fingerprint density at radius 2 is 1.65 bits per heavy atom. The van der Waals surface area contributed by atoms with Crippen LogP contribution in [0.15, 0.2) is 0 Å². The van der Waals surface area contributed by atoms with E-state index in [0.717, 1.165) is 32.1 Å². The molecule has 4 aliphatic rings. The monoisotopic (exact) mass is 238 g/mol. The van der Waals surface area contributed by atoms with E-state index in [1.165, 1.54) is 32.1 Å². The molecule has 17 heavy (non-hydrogen) atoms. The third kappa shape index (κ3) is 1.23. The highest BCUT2D eigenvalue weighted by atomic mass is 16.8. The first-order valence-corrected chi connectivity index (χ1v) is 7.31. The second-order valence-electron chi connectivity index (χ2n) is 6.48. The molecule has 2 spiro atoms. The topological polar surface area (TPSA) is 38.7 Å². The van der Waals surface area contributed by atoms with Crippen LogP contribution in [0.1, 0.15) is 64.2 Å². The van der Waals surface area contributed by atoms with Crippen molar-refractivity contribution in [1.29, 1.82) is 0 Å². The number of aliphatic hydroxyl groups is 1. The maximum Gasteiger partial charge on any atom is 0.198 e. The van der Waals surface area contributed by atoms with Gasteiger partial charge >= 0.3 is 0 Å². The van der Waals surface area contributed by atoms with Crippen LogP contribution in [0.2, 0.25) is 0 Å². The molecule has 2 aliphatic carbocycles. The van der Waals surface area contributed by atoms with Crippen LogP contribution >= 0.6 is 0 Å². The molecule has 2 bridgehead atoms. The fourth-order valence-corrected chi connectivity index (χ4v) is 4.71. The summed E-state index contributed by atoms with van der Waals surface area (Å²) in [4.78, 5) is 0. The summed E-state index contributed by atoms with van der Waals surface area (Å²) in [6, 6.07) is 0. The Morgan fingerprint density at radius 1 is 0.824 bits per heavy atom. The molecule has 4 rings (SSSR count). The minimum Gasteiger partial charge on any atom is -0.363 e. The Bertz CT molecular complexity index is 340. The average Bonchev–Trinajstić information content (AvgIpc) is 2.52. The highest BCUT2D eigenvalue weighted by molar-refractivity contribution is 5.10. The maximum atomic E-state index is 10.9. The summed E-state index contributed by atoms with van der Waals surface area (Å²) < 4.78 is 12.6. The Kier molecular flexibility index (Phi) is 2.06. The van der Waals surface area contributed by atoms with Crippen molar-refractivity contribution in [3.8, 4) is 0 Å². The molecular formula is C14H22O3. The average molecular weight is 238 g/mol. The van der Waals surface area contributed by atoms with Gasteiger partial charge in [-0.1, -0.05) is 12.8 Å². The number of rotatable bonds is 0. The summed E-state index contributed by atoms with van der Waals surface area (Å²) in [7, 11) is 0. The number of ether oxygens (including phenoxy) is 2. The van der Waals surface area contributed by atoms with Crippen LogP contribution in [0.5, 0.6) is 0 Å². The van der Waals surface area contributed by atoms with Gasteiger partial charge in [0.15, 0.2) is 11.6 Å². The molecular weight excluding hydrogens is 216 g/mol. The van der Waals surface area contributed by atoms with Crippen molar-refractivity contribution in [3.05, 3.63) is 0 Å². The molecule has 0 radical (unpaired) electrons. The smallest absolute Gasteiger partial charge is 0.198 e. The van der Waals surface area contributed by atoms with Crippen molar-refractivity contribution in [2.75, 3.05) is 0 Å². The highest BCUT2D eigenvalue weighted by Gasteiger charge is 2.70. The summed E-state index contributed by atoms with van der Waals surface area (Å²) in [5, 5.41) is 10.9. The second kappa shape index (κ2) is 3.25. The molecule has 0 amide bonds. The molecule has 96 valence electrons. The SMILES string of the molecule is O[C@@]12CCCC[C@]13CC[C@@H]1CCCC[C@]1(O3)O2. The Morgan fingerprint density at radius 3 is 2.59 bits per heavy atom. The third-order valence-electron chi connectivity index (χ3n) is 5.61. The Balaban J connectivity index is 1.75. The van der Waals surface area contributed by atoms with Crippen molar-refractivity contribution in [2.45, 2.75) is 81.4 Å². The van der Waals surface area contributed by atoms with E-state index in [1.54, 1.807) is 0 Å². The molecule has 3 heteroatoms. The first-order valence-electron chi connectivity index (χ1n) is 7.31. The van der Waals surface area contributed by atoms with Gasteiger partial charge in [0.1, 0.15) is 5.60 Å². The van der Waals surface area contributed by atoms with Crippen molar-refractivity contribution < 1.29 is 14.6 Å².